The van der Waals surface area contributed by atoms with E-state index in [-0.39, 0.29) is 42.7 Å². The Labute approximate surface area is 185 Å². The van der Waals surface area contributed by atoms with E-state index in [1.165, 1.54) is 22.5 Å². The number of ether oxygens (including phenoxy) is 3. The molecule has 174 valence electrons. The highest BCUT2D eigenvalue weighted by Gasteiger charge is 2.32. The number of nitrogens with zero attached hydrogens (tertiary/aromatic N) is 1. The average Bonchev–Trinajstić information content (AvgIpc) is 2.79. The maximum Gasteiger partial charge on any atom is 0.387 e. The number of hydrogen-bond acceptors (Lipinski definition) is 6. The number of benzene rings is 2. The summed E-state index contributed by atoms with van der Waals surface area (Å²) in [6.45, 7) is -0.613. The van der Waals surface area contributed by atoms with Gasteiger partial charge in [0.2, 0.25) is 10.0 Å². The first kappa shape index (κ1) is 23.9. The molecule has 0 aliphatic carbocycles. The number of alkyl halides is 2. The second-order valence-electron chi connectivity index (χ2n) is 7.19. The SMILES string of the molecule is CCOc1cc(COC(=O)C2CCN(S(=O)(=O)c3ccccc3)CC2)ccc1OC(F)F. The average molecular weight is 470 g/mol. The molecule has 7 nitrogen and oxygen atoms in total. The molecule has 0 atom stereocenters. The Hall–Kier alpha value is -2.72. The monoisotopic (exact) mass is 469 g/mol. The molecular formula is C22H25F2NO6S. The maximum absolute atomic E-state index is 12.7. The van der Waals surface area contributed by atoms with Gasteiger partial charge in [0.1, 0.15) is 6.61 Å². The summed E-state index contributed by atoms with van der Waals surface area (Å²) in [4.78, 5) is 12.7. The molecule has 1 aliphatic rings. The van der Waals surface area contributed by atoms with Gasteiger partial charge in [-0.2, -0.15) is 13.1 Å². The lowest BCUT2D eigenvalue weighted by molar-refractivity contribution is -0.151. The molecule has 1 fully saturated rings. The third-order valence-corrected chi connectivity index (χ3v) is 6.99. The Morgan fingerprint density at radius 2 is 1.78 bits per heavy atom. The first-order valence-corrected chi connectivity index (χ1v) is 11.7. The summed E-state index contributed by atoms with van der Waals surface area (Å²) in [5.74, 6) is -0.789. The largest absolute Gasteiger partial charge is 0.490 e. The number of hydrogen-bond donors (Lipinski definition) is 0. The van der Waals surface area contributed by atoms with Gasteiger partial charge in [0.05, 0.1) is 17.4 Å². The number of rotatable bonds is 9. The van der Waals surface area contributed by atoms with Crippen LogP contribution in [0.25, 0.3) is 0 Å². The normalized spacial score (nSPS) is 15.5. The van der Waals surface area contributed by atoms with Gasteiger partial charge < -0.3 is 14.2 Å². The molecule has 1 saturated heterocycles. The predicted molar refractivity (Wildman–Crippen MR) is 112 cm³/mol. The smallest absolute Gasteiger partial charge is 0.387 e. The fourth-order valence-electron chi connectivity index (χ4n) is 3.45. The standard InChI is InChI=1S/C22H25F2NO6S/c1-2-29-20-14-16(8-9-19(20)31-22(23)24)15-30-21(26)17-10-12-25(13-11-17)32(27,28)18-6-4-3-5-7-18/h3-9,14,17,22H,2,10-13,15H2,1H3. The van der Waals surface area contributed by atoms with Crippen molar-refractivity contribution in [2.75, 3.05) is 19.7 Å². The van der Waals surface area contributed by atoms with E-state index in [0.717, 1.165) is 0 Å². The zero-order chi connectivity index (χ0) is 23.1. The van der Waals surface area contributed by atoms with Crippen molar-refractivity contribution in [1.29, 1.82) is 0 Å². The quantitative estimate of drug-likeness (QED) is 0.519. The second-order valence-corrected chi connectivity index (χ2v) is 9.13. The van der Waals surface area contributed by atoms with Gasteiger partial charge in [0, 0.05) is 13.1 Å². The molecule has 0 saturated carbocycles. The molecule has 2 aromatic rings. The van der Waals surface area contributed by atoms with Crippen molar-refractivity contribution >= 4 is 16.0 Å². The van der Waals surface area contributed by atoms with Crippen molar-refractivity contribution in [2.24, 2.45) is 5.92 Å². The highest BCUT2D eigenvalue weighted by atomic mass is 32.2. The Balaban J connectivity index is 1.55. The Bertz CT molecular complexity index is 1010. The van der Waals surface area contributed by atoms with Gasteiger partial charge in [-0.3, -0.25) is 4.79 Å². The van der Waals surface area contributed by atoms with Crippen LogP contribution in [0.15, 0.2) is 53.4 Å². The molecule has 0 spiro atoms. The van der Waals surface area contributed by atoms with Gasteiger partial charge >= 0.3 is 12.6 Å². The van der Waals surface area contributed by atoms with Crippen LogP contribution in [0.5, 0.6) is 11.5 Å². The molecule has 0 unspecified atom stereocenters. The lowest BCUT2D eigenvalue weighted by atomic mass is 9.98. The first-order chi connectivity index (χ1) is 15.3. The van der Waals surface area contributed by atoms with Crippen LogP contribution in [-0.4, -0.2) is 45.0 Å². The minimum atomic E-state index is -3.59. The van der Waals surface area contributed by atoms with Crippen LogP contribution in [0.4, 0.5) is 8.78 Å². The van der Waals surface area contributed by atoms with Crippen molar-refractivity contribution < 1.29 is 36.2 Å². The minimum Gasteiger partial charge on any atom is -0.490 e. The van der Waals surface area contributed by atoms with Crippen LogP contribution >= 0.6 is 0 Å². The number of sulfonamides is 1. The summed E-state index contributed by atoms with van der Waals surface area (Å²) in [5, 5.41) is 0. The Morgan fingerprint density at radius 3 is 2.41 bits per heavy atom. The van der Waals surface area contributed by atoms with E-state index >= 15 is 0 Å². The summed E-state index contributed by atoms with van der Waals surface area (Å²) in [5.41, 5.74) is 0.563. The maximum atomic E-state index is 12.7. The summed E-state index contributed by atoms with van der Waals surface area (Å²) in [6.07, 6.45) is 0.715. The van der Waals surface area contributed by atoms with Gasteiger partial charge in [0.25, 0.3) is 0 Å². The Kier molecular flexibility index (Phi) is 8.03. The van der Waals surface area contributed by atoms with E-state index < -0.39 is 28.5 Å². The van der Waals surface area contributed by atoms with Crippen molar-refractivity contribution in [3.8, 4) is 11.5 Å². The van der Waals surface area contributed by atoms with Crippen LogP contribution in [0.1, 0.15) is 25.3 Å². The number of carbonyl (C=O) groups is 1. The Morgan fingerprint density at radius 1 is 1.09 bits per heavy atom. The van der Waals surface area contributed by atoms with Gasteiger partial charge in [-0.15, -0.1) is 0 Å². The molecular weight excluding hydrogens is 444 g/mol. The van der Waals surface area contributed by atoms with Crippen molar-refractivity contribution in [1.82, 2.24) is 4.31 Å². The van der Waals surface area contributed by atoms with E-state index in [2.05, 4.69) is 4.74 Å². The molecule has 32 heavy (non-hydrogen) atoms. The molecule has 0 bridgehead atoms. The molecule has 1 aliphatic heterocycles. The molecule has 0 aromatic heterocycles. The lowest BCUT2D eigenvalue weighted by Gasteiger charge is -2.30. The van der Waals surface area contributed by atoms with E-state index in [4.69, 9.17) is 9.47 Å². The predicted octanol–water partition coefficient (Wildman–Crippen LogP) is 3.83. The number of piperidine rings is 1. The molecule has 1 heterocycles. The van der Waals surface area contributed by atoms with E-state index in [9.17, 15) is 22.0 Å². The van der Waals surface area contributed by atoms with Gasteiger partial charge in [-0.1, -0.05) is 24.3 Å². The van der Waals surface area contributed by atoms with Crippen LogP contribution in [-0.2, 0) is 26.2 Å². The second kappa shape index (κ2) is 10.7. The van der Waals surface area contributed by atoms with E-state index in [1.54, 1.807) is 37.3 Å². The van der Waals surface area contributed by atoms with E-state index in [1.807, 2.05) is 0 Å². The molecule has 0 radical (unpaired) electrons. The fourth-order valence-corrected chi connectivity index (χ4v) is 4.94. The van der Waals surface area contributed by atoms with Gasteiger partial charge in [-0.25, -0.2) is 8.42 Å². The molecule has 3 rings (SSSR count). The van der Waals surface area contributed by atoms with Crippen LogP contribution in [0.3, 0.4) is 0 Å². The first-order valence-electron chi connectivity index (χ1n) is 10.2. The van der Waals surface area contributed by atoms with Crippen LogP contribution in [0, 0.1) is 5.92 Å². The summed E-state index contributed by atoms with van der Waals surface area (Å²) < 4.78 is 66.9. The third kappa shape index (κ3) is 5.95. The highest BCUT2D eigenvalue weighted by Crippen LogP contribution is 2.30. The highest BCUT2D eigenvalue weighted by molar-refractivity contribution is 7.89. The number of halogens is 2. The minimum absolute atomic E-state index is 0.0591. The molecule has 0 amide bonds. The van der Waals surface area contributed by atoms with Crippen LogP contribution < -0.4 is 9.47 Å². The third-order valence-electron chi connectivity index (χ3n) is 5.07. The summed E-state index contributed by atoms with van der Waals surface area (Å²) in [7, 11) is -3.59. The topological polar surface area (TPSA) is 82.1 Å². The zero-order valence-electron chi connectivity index (χ0n) is 17.6. The fraction of sp³-hybridized carbons (Fsp3) is 0.409. The lowest BCUT2D eigenvalue weighted by Crippen LogP contribution is -2.40. The summed E-state index contributed by atoms with van der Waals surface area (Å²) in [6, 6.07) is 12.5. The molecule has 2 aromatic carbocycles. The van der Waals surface area contributed by atoms with Gasteiger partial charge in [-0.05, 0) is 49.6 Å². The van der Waals surface area contributed by atoms with Crippen molar-refractivity contribution in [3.05, 3.63) is 54.1 Å². The summed E-state index contributed by atoms with van der Waals surface area (Å²) >= 11 is 0. The molecule has 10 heteroatoms. The van der Waals surface area contributed by atoms with Crippen molar-refractivity contribution in [3.63, 3.8) is 0 Å². The zero-order valence-corrected chi connectivity index (χ0v) is 18.4. The van der Waals surface area contributed by atoms with Gasteiger partial charge in [0.15, 0.2) is 11.5 Å². The number of esters is 1. The number of carbonyl (C=O) groups excluding carboxylic acids is 1. The van der Waals surface area contributed by atoms with E-state index in [0.29, 0.717) is 18.4 Å². The van der Waals surface area contributed by atoms with Crippen molar-refractivity contribution in [2.45, 2.75) is 37.9 Å². The van der Waals surface area contributed by atoms with Crippen LogP contribution in [0.2, 0.25) is 0 Å². The molecule has 0 N–H and O–H groups in total.